The molecule has 0 bridgehead atoms. The smallest absolute Gasteiger partial charge is 0.289 e. The number of carbonyl (C=O) groups excluding carboxylic acids is 1. The van der Waals surface area contributed by atoms with Gasteiger partial charge >= 0.3 is 0 Å². The minimum absolute atomic E-state index is 0.0650. The Labute approximate surface area is 191 Å². The van der Waals surface area contributed by atoms with Crippen LogP contribution in [0.25, 0.3) is 5.69 Å². The molecule has 1 aromatic carbocycles. The summed E-state index contributed by atoms with van der Waals surface area (Å²) in [6, 6.07) is 15.8. The van der Waals surface area contributed by atoms with Crippen LogP contribution in [0.2, 0.25) is 0 Å². The van der Waals surface area contributed by atoms with Gasteiger partial charge in [-0.25, -0.2) is 0 Å². The molecule has 1 amide bonds. The quantitative estimate of drug-likeness (QED) is 0.518. The van der Waals surface area contributed by atoms with Gasteiger partial charge in [0.15, 0.2) is 5.76 Å². The number of anilines is 1. The number of piperidine rings is 1. The molecule has 0 saturated carbocycles. The highest BCUT2D eigenvalue weighted by Crippen LogP contribution is 2.44. The number of furan rings is 1. The van der Waals surface area contributed by atoms with E-state index in [1.165, 1.54) is 5.69 Å². The number of benzene rings is 1. The number of rotatable bonds is 4. The molecule has 0 atom stereocenters. The van der Waals surface area contributed by atoms with Crippen LogP contribution in [0.1, 0.15) is 34.9 Å². The number of fused-ring (bicyclic) bond motifs is 4. The van der Waals surface area contributed by atoms with E-state index in [2.05, 4.69) is 39.4 Å². The van der Waals surface area contributed by atoms with Gasteiger partial charge in [0.05, 0.1) is 30.6 Å². The van der Waals surface area contributed by atoms with Crippen molar-refractivity contribution < 1.29 is 13.9 Å². The molecule has 3 aromatic heterocycles. The van der Waals surface area contributed by atoms with Gasteiger partial charge in [-0.1, -0.05) is 0 Å². The fourth-order valence-corrected chi connectivity index (χ4v) is 5.02. The summed E-state index contributed by atoms with van der Waals surface area (Å²) in [5, 5.41) is 7.97. The lowest BCUT2D eigenvalue weighted by Crippen LogP contribution is -2.51. The number of nitrogens with zero attached hydrogens (tertiary/aromatic N) is 4. The van der Waals surface area contributed by atoms with E-state index in [9.17, 15) is 4.79 Å². The molecule has 8 heteroatoms. The molecule has 5 heterocycles. The molecule has 6 rings (SSSR count). The Bertz CT molecular complexity index is 1300. The van der Waals surface area contributed by atoms with Crippen LogP contribution in [0.15, 0.2) is 71.5 Å². The van der Waals surface area contributed by atoms with Crippen molar-refractivity contribution in [3.63, 3.8) is 0 Å². The maximum absolute atomic E-state index is 13.1. The van der Waals surface area contributed by atoms with Crippen molar-refractivity contribution in [3.8, 4) is 11.4 Å². The molecule has 1 N–H and O–H groups in total. The van der Waals surface area contributed by atoms with Crippen molar-refractivity contribution in [3.05, 3.63) is 84.3 Å². The first-order chi connectivity index (χ1) is 16.1. The van der Waals surface area contributed by atoms with Crippen LogP contribution >= 0.6 is 0 Å². The van der Waals surface area contributed by atoms with E-state index in [1.54, 1.807) is 24.1 Å². The van der Waals surface area contributed by atoms with Gasteiger partial charge in [-0.3, -0.25) is 9.48 Å². The SMILES string of the molecule is COc1ccc2c(c1)NC1(CCN(C(=O)c3ccc(Cn4cccn4)o3)CC1)c1cccn1-2. The normalized spacial score (nSPS) is 16.2. The highest BCUT2D eigenvalue weighted by molar-refractivity contribution is 5.91. The molecular formula is C25H25N5O3. The van der Waals surface area contributed by atoms with Gasteiger partial charge < -0.3 is 23.9 Å². The van der Waals surface area contributed by atoms with Crippen molar-refractivity contribution in [2.75, 3.05) is 25.5 Å². The number of amides is 1. The number of aromatic nitrogens is 3. The highest BCUT2D eigenvalue weighted by Gasteiger charge is 2.42. The molecule has 33 heavy (non-hydrogen) atoms. The number of methoxy groups -OCH3 is 1. The number of hydrogen-bond acceptors (Lipinski definition) is 5. The molecule has 2 aliphatic heterocycles. The summed E-state index contributed by atoms with van der Waals surface area (Å²) in [6.45, 7) is 1.80. The Kier molecular flexibility index (Phi) is 4.53. The monoisotopic (exact) mass is 443 g/mol. The Balaban J connectivity index is 1.20. The molecule has 0 radical (unpaired) electrons. The van der Waals surface area contributed by atoms with Crippen molar-refractivity contribution in [1.29, 1.82) is 0 Å². The maximum atomic E-state index is 13.1. The van der Waals surface area contributed by atoms with E-state index in [-0.39, 0.29) is 11.4 Å². The Morgan fingerprint density at radius 2 is 2.03 bits per heavy atom. The summed E-state index contributed by atoms with van der Waals surface area (Å²) in [4.78, 5) is 15.0. The molecule has 0 unspecified atom stereocenters. The molecular weight excluding hydrogens is 418 g/mol. The van der Waals surface area contributed by atoms with Crippen LogP contribution in [-0.2, 0) is 12.1 Å². The standard InChI is InChI=1S/C25H25N5O3/c1-32-18-5-7-21-20(16-18)27-25(23-4-2-13-30(21)23)9-14-28(15-10-25)24(31)22-8-6-19(33-22)17-29-12-3-11-26-29/h2-8,11-13,16,27H,9-10,14-15,17H2,1H3. The summed E-state index contributed by atoms with van der Waals surface area (Å²) in [5.74, 6) is 1.85. The van der Waals surface area contributed by atoms with Gasteiger partial charge in [-0.05, 0) is 55.3 Å². The molecule has 1 saturated heterocycles. The molecule has 1 fully saturated rings. The summed E-state index contributed by atoms with van der Waals surface area (Å²) >= 11 is 0. The highest BCUT2D eigenvalue weighted by atomic mass is 16.5. The fourth-order valence-electron chi connectivity index (χ4n) is 5.02. The summed E-state index contributed by atoms with van der Waals surface area (Å²) in [7, 11) is 1.68. The van der Waals surface area contributed by atoms with Gasteiger partial charge in [-0.2, -0.15) is 5.10 Å². The average Bonchev–Trinajstić information content (AvgIpc) is 3.62. The van der Waals surface area contributed by atoms with Crippen molar-refractivity contribution in [2.24, 2.45) is 0 Å². The zero-order chi connectivity index (χ0) is 22.4. The molecule has 1 spiro atoms. The molecule has 2 aliphatic rings. The molecule has 168 valence electrons. The first-order valence-electron chi connectivity index (χ1n) is 11.2. The van der Waals surface area contributed by atoms with Gasteiger partial charge in [0, 0.05) is 43.4 Å². The van der Waals surface area contributed by atoms with E-state index in [4.69, 9.17) is 9.15 Å². The molecule has 4 aromatic rings. The van der Waals surface area contributed by atoms with Crippen LogP contribution < -0.4 is 10.1 Å². The maximum Gasteiger partial charge on any atom is 0.289 e. The number of hydrogen-bond donors (Lipinski definition) is 1. The summed E-state index contributed by atoms with van der Waals surface area (Å²) in [6.07, 6.45) is 7.31. The second kappa shape index (κ2) is 7.58. The third-order valence-corrected chi connectivity index (χ3v) is 6.73. The lowest BCUT2D eigenvalue weighted by Gasteiger charge is -2.46. The average molecular weight is 444 g/mol. The third-order valence-electron chi connectivity index (χ3n) is 6.73. The second-order valence-corrected chi connectivity index (χ2v) is 8.62. The Morgan fingerprint density at radius 1 is 1.15 bits per heavy atom. The lowest BCUT2D eigenvalue weighted by molar-refractivity contribution is 0.0642. The van der Waals surface area contributed by atoms with E-state index in [0.29, 0.717) is 31.2 Å². The topological polar surface area (TPSA) is 77.5 Å². The van der Waals surface area contributed by atoms with Gasteiger partial charge in [-0.15, -0.1) is 0 Å². The van der Waals surface area contributed by atoms with Crippen molar-refractivity contribution in [1.82, 2.24) is 19.2 Å². The van der Waals surface area contributed by atoms with Crippen LogP contribution in [0, 0.1) is 0 Å². The third kappa shape index (κ3) is 3.29. The Morgan fingerprint density at radius 3 is 2.82 bits per heavy atom. The summed E-state index contributed by atoms with van der Waals surface area (Å²) < 4.78 is 15.3. The zero-order valence-electron chi connectivity index (χ0n) is 18.4. The van der Waals surface area contributed by atoms with E-state index in [0.717, 1.165) is 30.0 Å². The first kappa shape index (κ1) is 19.7. The molecule has 8 nitrogen and oxygen atoms in total. The molecule has 0 aliphatic carbocycles. The predicted octanol–water partition coefficient (Wildman–Crippen LogP) is 3.88. The Hall–Kier alpha value is -3.94. The minimum atomic E-state index is -0.228. The number of carbonyl (C=O) groups is 1. The van der Waals surface area contributed by atoms with E-state index >= 15 is 0 Å². The zero-order valence-corrected chi connectivity index (χ0v) is 18.4. The van der Waals surface area contributed by atoms with Gasteiger partial charge in [0.25, 0.3) is 5.91 Å². The minimum Gasteiger partial charge on any atom is -0.497 e. The van der Waals surface area contributed by atoms with Gasteiger partial charge in [0.2, 0.25) is 0 Å². The number of nitrogens with one attached hydrogen (secondary N) is 1. The fraction of sp³-hybridized carbons (Fsp3) is 0.280. The van der Waals surface area contributed by atoms with Crippen LogP contribution in [0.3, 0.4) is 0 Å². The van der Waals surface area contributed by atoms with Crippen LogP contribution in [0.5, 0.6) is 5.75 Å². The largest absolute Gasteiger partial charge is 0.497 e. The second-order valence-electron chi connectivity index (χ2n) is 8.62. The lowest BCUT2D eigenvalue weighted by atomic mass is 9.82. The number of ether oxygens (including phenoxy) is 1. The van der Waals surface area contributed by atoms with Gasteiger partial charge in [0.1, 0.15) is 11.5 Å². The van der Waals surface area contributed by atoms with Crippen LogP contribution in [-0.4, -0.2) is 45.4 Å². The van der Waals surface area contributed by atoms with Crippen molar-refractivity contribution in [2.45, 2.75) is 24.9 Å². The summed E-state index contributed by atoms with van der Waals surface area (Å²) in [5.41, 5.74) is 3.16. The number of likely N-dealkylation sites (tertiary alicyclic amines) is 1. The predicted molar refractivity (Wildman–Crippen MR) is 123 cm³/mol. The van der Waals surface area contributed by atoms with E-state index < -0.39 is 0 Å². The van der Waals surface area contributed by atoms with Crippen molar-refractivity contribution >= 4 is 11.6 Å². The van der Waals surface area contributed by atoms with E-state index in [1.807, 2.05) is 35.4 Å². The van der Waals surface area contributed by atoms with Crippen LogP contribution in [0.4, 0.5) is 5.69 Å². The first-order valence-corrected chi connectivity index (χ1v) is 11.2.